The quantitative estimate of drug-likeness (QED) is 0.796. The van der Waals surface area contributed by atoms with E-state index >= 15 is 0 Å². The Morgan fingerprint density at radius 3 is 2.43 bits per heavy atom. The highest BCUT2D eigenvalue weighted by Gasteiger charge is 2.11. The Balaban J connectivity index is 2.10. The van der Waals surface area contributed by atoms with Crippen LogP contribution in [-0.4, -0.2) is 6.54 Å². The van der Waals surface area contributed by atoms with Crippen molar-refractivity contribution in [3.05, 3.63) is 64.7 Å². The monoisotopic (exact) mass is 303 g/mol. The third-order valence-electron chi connectivity index (χ3n) is 3.53. The molecule has 0 aliphatic carbocycles. The van der Waals surface area contributed by atoms with E-state index in [-0.39, 0.29) is 12.1 Å². The Bertz CT molecular complexity index is 571. The van der Waals surface area contributed by atoms with Gasteiger partial charge in [-0.15, -0.1) is 0 Å². The fraction of sp³-hybridized carbons (Fsp3) is 0.333. The van der Waals surface area contributed by atoms with Crippen LogP contribution in [0.15, 0.2) is 48.5 Å². The van der Waals surface area contributed by atoms with Gasteiger partial charge in [-0.2, -0.15) is 0 Å². The van der Waals surface area contributed by atoms with Crippen molar-refractivity contribution in [1.82, 2.24) is 5.32 Å². The van der Waals surface area contributed by atoms with Gasteiger partial charge in [0, 0.05) is 11.1 Å². The average molecular weight is 304 g/mol. The van der Waals surface area contributed by atoms with Crippen molar-refractivity contribution in [3.63, 3.8) is 0 Å². The first-order valence-electron chi connectivity index (χ1n) is 7.36. The van der Waals surface area contributed by atoms with Gasteiger partial charge in [-0.1, -0.05) is 54.9 Å². The van der Waals surface area contributed by atoms with Gasteiger partial charge in [0.25, 0.3) is 0 Å². The van der Waals surface area contributed by atoms with E-state index in [1.165, 1.54) is 0 Å². The fourth-order valence-electron chi connectivity index (χ4n) is 2.34. The fourth-order valence-corrected chi connectivity index (χ4v) is 2.68. The third kappa shape index (κ3) is 4.23. The average Bonchev–Trinajstić information content (AvgIpc) is 2.48. The molecule has 2 nitrogen and oxygen atoms in total. The minimum Gasteiger partial charge on any atom is -0.486 e. The van der Waals surface area contributed by atoms with Gasteiger partial charge in [0.1, 0.15) is 11.9 Å². The topological polar surface area (TPSA) is 21.3 Å². The lowest BCUT2D eigenvalue weighted by molar-refractivity contribution is 0.227. The molecule has 0 spiro atoms. The molecule has 3 heteroatoms. The first-order valence-corrected chi connectivity index (χ1v) is 7.74. The van der Waals surface area contributed by atoms with Gasteiger partial charge < -0.3 is 10.1 Å². The summed E-state index contributed by atoms with van der Waals surface area (Å²) in [6.07, 6.45) is -0.000642. The van der Waals surface area contributed by atoms with Crippen molar-refractivity contribution in [2.24, 2.45) is 0 Å². The summed E-state index contributed by atoms with van der Waals surface area (Å²) in [4.78, 5) is 0. The molecule has 0 bridgehead atoms. The zero-order valence-electron chi connectivity index (χ0n) is 12.8. The van der Waals surface area contributed by atoms with Crippen LogP contribution in [0.3, 0.4) is 0 Å². The molecule has 0 aliphatic heterocycles. The van der Waals surface area contributed by atoms with Crippen molar-refractivity contribution in [3.8, 4) is 5.75 Å². The van der Waals surface area contributed by atoms with E-state index in [0.717, 1.165) is 28.4 Å². The predicted octanol–water partition coefficient (Wildman–Crippen LogP) is 5.15. The van der Waals surface area contributed by atoms with Crippen molar-refractivity contribution in [2.45, 2.75) is 32.9 Å². The van der Waals surface area contributed by atoms with Gasteiger partial charge in [0.2, 0.25) is 0 Å². The lowest BCUT2D eigenvalue weighted by Gasteiger charge is -2.18. The molecule has 2 aromatic carbocycles. The molecule has 2 rings (SSSR count). The Labute approximate surface area is 132 Å². The number of ether oxygens (including phenoxy) is 1. The molecule has 0 fully saturated rings. The maximum Gasteiger partial charge on any atom is 0.121 e. The van der Waals surface area contributed by atoms with Crippen LogP contribution in [0.25, 0.3) is 0 Å². The Kier molecular flexibility index (Phi) is 5.66. The van der Waals surface area contributed by atoms with Crippen molar-refractivity contribution in [1.29, 1.82) is 0 Å². The molecule has 112 valence electrons. The zero-order valence-corrected chi connectivity index (χ0v) is 13.5. The van der Waals surface area contributed by atoms with E-state index in [0.29, 0.717) is 0 Å². The highest BCUT2D eigenvalue weighted by Crippen LogP contribution is 2.29. The molecular formula is C18H22ClNO. The molecule has 0 aliphatic rings. The van der Waals surface area contributed by atoms with Crippen LogP contribution in [0.5, 0.6) is 5.75 Å². The minimum absolute atomic E-state index is 0.000642. The molecule has 0 saturated heterocycles. The first-order chi connectivity index (χ1) is 10.1. The number of rotatable bonds is 6. The second-order valence-electron chi connectivity index (χ2n) is 5.13. The largest absolute Gasteiger partial charge is 0.486 e. The SMILES string of the molecule is CCNC(C)c1ccc(OC(C)c2ccccc2)cc1Cl. The lowest BCUT2D eigenvalue weighted by atomic mass is 10.1. The standard InChI is InChI=1S/C18H22ClNO/c1-4-20-13(2)17-11-10-16(12-18(17)19)21-14(3)15-8-6-5-7-9-15/h5-14,20H,4H2,1-3H3. The minimum atomic E-state index is -0.000642. The van der Waals surface area contributed by atoms with E-state index in [1.807, 2.05) is 43.3 Å². The molecule has 0 aromatic heterocycles. The highest BCUT2D eigenvalue weighted by atomic mass is 35.5. The molecule has 0 radical (unpaired) electrons. The molecule has 0 amide bonds. The first kappa shape index (κ1) is 15.9. The van der Waals surface area contributed by atoms with Gasteiger partial charge in [-0.05, 0) is 43.7 Å². The Morgan fingerprint density at radius 2 is 1.81 bits per heavy atom. The molecule has 0 saturated carbocycles. The third-order valence-corrected chi connectivity index (χ3v) is 3.86. The molecule has 2 unspecified atom stereocenters. The summed E-state index contributed by atoms with van der Waals surface area (Å²) < 4.78 is 5.97. The van der Waals surface area contributed by atoms with E-state index in [9.17, 15) is 0 Å². The number of nitrogens with one attached hydrogen (secondary N) is 1. The van der Waals surface area contributed by atoms with Crippen LogP contribution in [-0.2, 0) is 0 Å². The molecule has 21 heavy (non-hydrogen) atoms. The normalized spacial score (nSPS) is 13.7. The second-order valence-corrected chi connectivity index (χ2v) is 5.54. The predicted molar refractivity (Wildman–Crippen MR) is 89.0 cm³/mol. The summed E-state index contributed by atoms with van der Waals surface area (Å²) in [6, 6.07) is 16.3. The zero-order chi connectivity index (χ0) is 15.2. The molecule has 2 aromatic rings. The number of hydrogen-bond acceptors (Lipinski definition) is 2. The van der Waals surface area contributed by atoms with Crippen LogP contribution >= 0.6 is 11.6 Å². The van der Waals surface area contributed by atoms with Crippen LogP contribution < -0.4 is 10.1 Å². The van der Waals surface area contributed by atoms with Gasteiger partial charge in [-0.3, -0.25) is 0 Å². The molecule has 2 atom stereocenters. The Morgan fingerprint density at radius 1 is 1.10 bits per heavy atom. The van der Waals surface area contributed by atoms with Crippen LogP contribution in [0.2, 0.25) is 5.02 Å². The summed E-state index contributed by atoms with van der Waals surface area (Å²) in [7, 11) is 0. The number of hydrogen-bond donors (Lipinski definition) is 1. The Hall–Kier alpha value is -1.51. The molecular weight excluding hydrogens is 282 g/mol. The van der Waals surface area contributed by atoms with E-state index in [1.54, 1.807) is 0 Å². The molecule has 0 heterocycles. The maximum absolute atomic E-state index is 6.37. The smallest absolute Gasteiger partial charge is 0.121 e. The highest BCUT2D eigenvalue weighted by molar-refractivity contribution is 6.31. The summed E-state index contributed by atoms with van der Waals surface area (Å²) >= 11 is 6.37. The van der Waals surface area contributed by atoms with Crippen molar-refractivity contribution < 1.29 is 4.74 Å². The van der Waals surface area contributed by atoms with Crippen molar-refractivity contribution in [2.75, 3.05) is 6.54 Å². The van der Waals surface area contributed by atoms with Crippen LogP contribution in [0, 0.1) is 0 Å². The summed E-state index contributed by atoms with van der Waals surface area (Å²) in [5.41, 5.74) is 2.25. The number of benzene rings is 2. The summed E-state index contributed by atoms with van der Waals surface area (Å²) in [5, 5.41) is 4.10. The van der Waals surface area contributed by atoms with Crippen molar-refractivity contribution >= 4 is 11.6 Å². The van der Waals surface area contributed by atoms with E-state index < -0.39 is 0 Å². The molecule has 1 N–H and O–H groups in total. The summed E-state index contributed by atoms with van der Waals surface area (Å²) in [5.74, 6) is 0.795. The number of halogens is 1. The maximum atomic E-state index is 6.37. The summed E-state index contributed by atoms with van der Waals surface area (Å²) in [6.45, 7) is 7.15. The van der Waals surface area contributed by atoms with E-state index in [2.05, 4.69) is 31.3 Å². The van der Waals surface area contributed by atoms with Gasteiger partial charge in [0.15, 0.2) is 0 Å². The van der Waals surface area contributed by atoms with E-state index in [4.69, 9.17) is 16.3 Å². The van der Waals surface area contributed by atoms with Crippen LogP contribution in [0.1, 0.15) is 44.0 Å². The van der Waals surface area contributed by atoms with Gasteiger partial charge >= 0.3 is 0 Å². The van der Waals surface area contributed by atoms with Crippen LogP contribution in [0.4, 0.5) is 0 Å². The van der Waals surface area contributed by atoms with Gasteiger partial charge in [-0.25, -0.2) is 0 Å². The lowest BCUT2D eigenvalue weighted by Crippen LogP contribution is -2.18. The second kappa shape index (κ2) is 7.48. The van der Waals surface area contributed by atoms with Gasteiger partial charge in [0.05, 0.1) is 0 Å².